The Kier molecular flexibility index (Phi) is 7.60. The van der Waals surface area contributed by atoms with Crippen molar-refractivity contribution < 1.29 is 19.1 Å². The summed E-state index contributed by atoms with van der Waals surface area (Å²) < 4.78 is 5.64. The number of fused-ring (bicyclic) bond motifs is 4. The topological polar surface area (TPSA) is 138 Å². The van der Waals surface area contributed by atoms with Crippen molar-refractivity contribution in [2.75, 3.05) is 25.0 Å². The zero-order chi connectivity index (χ0) is 27.4. The predicted octanol–water partition coefficient (Wildman–Crippen LogP) is 3.79. The van der Waals surface area contributed by atoms with Gasteiger partial charge < -0.3 is 31.4 Å². The van der Waals surface area contributed by atoms with E-state index in [0.29, 0.717) is 5.69 Å². The molecule has 6 N–H and O–H groups in total. The number of amides is 3. The van der Waals surface area contributed by atoms with Gasteiger partial charge in [0.15, 0.2) is 0 Å². The van der Waals surface area contributed by atoms with Crippen LogP contribution in [0.5, 0.6) is 0 Å². The molecule has 1 aromatic heterocycles. The molecule has 0 spiro atoms. The van der Waals surface area contributed by atoms with Crippen LogP contribution in [0.25, 0.3) is 22.0 Å². The first kappa shape index (κ1) is 26.0. The molecule has 1 heterocycles. The monoisotopic (exact) mass is 525 g/mol. The van der Waals surface area contributed by atoms with Gasteiger partial charge in [0.25, 0.3) is 0 Å². The van der Waals surface area contributed by atoms with Gasteiger partial charge >= 0.3 is 6.09 Å². The molecule has 200 valence electrons. The second kappa shape index (κ2) is 11.4. The summed E-state index contributed by atoms with van der Waals surface area (Å²) in [5.41, 5.74) is 12.4. The number of rotatable bonds is 9. The summed E-state index contributed by atoms with van der Waals surface area (Å²) in [4.78, 5) is 40.9. The third-order valence-corrected chi connectivity index (χ3v) is 6.92. The van der Waals surface area contributed by atoms with E-state index in [1.54, 1.807) is 6.07 Å². The number of aromatic nitrogens is 1. The van der Waals surface area contributed by atoms with Gasteiger partial charge in [-0.2, -0.15) is 0 Å². The van der Waals surface area contributed by atoms with Gasteiger partial charge in [0.1, 0.15) is 12.6 Å². The Balaban J connectivity index is 1.26. The maximum atomic E-state index is 13.2. The number of aryl methyl sites for hydroxylation is 1. The van der Waals surface area contributed by atoms with Crippen LogP contribution in [0, 0.1) is 6.92 Å². The second-order valence-electron chi connectivity index (χ2n) is 9.61. The summed E-state index contributed by atoms with van der Waals surface area (Å²) in [5.74, 6) is -0.864. The first-order chi connectivity index (χ1) is 18.9. The first-order valence-electron chi connectivity index (χ1n) is 12.9. The Labute approximate surface area is 226 Å². The molecule has 39 heavy (non-hydrogen) atoms. The van der Waals surface area contributed by atoms with E-state index in [1.165, 1.54) is 0 Å². The van der Waals surface area contributed by atoms with Crippen LogP contribution >= 0.6 is 0 Å². The lowest BCUT2D eigenvalue weighted by atomic mass is 9.98. The van der Waals surface area contributed by atoms with E-state index in [4.69, 9.17) is 10.5 Å². The normalized spacial score (nSPS) is 12.9. The van der Waals surface area contributed by atoms with Crippen molar-refractivity contribution in [1.82, 2.24) is 15.6 Å². The minimum atomic E-state index is -0.942. The van der Waals surface area contributed by atoms with Crippen molar-refractivity contribution in [2.24, 2.45) is 5.73 Å². The SMILES string of the molecule is Cc1cc2cc(NC(=O)[C@H](CCNC(=O)CN)NC(=O)OCC3c4ccccc4-c4ccccc43)ccc2[nH]1. The molecule has 4 aromatic rings. The average Bonchev–Trinajstić information content (AvgIpc) is 3.47. The molecule has 0 saturated heterocycles. The van der Waals surface area contributed by atoms with E-state index in [9.17, 15) is 14.4 Å². The number of carbonyl (C=O) groups excluding carboxylic acids is 3. The van der Waals surface area contributed by atoms with Crippen LogP contribution in [-0.4, -0.2) is 48.6 Å². The van der Waals surface area contributed by atoms with Crippen molar-refractivity contribution in [1.29, 1.82) is 0 Å². The van der Waals surface area contributed by atoms with E-state index in [2.05, 4.69) is 33.1 Å². The van der Waals surface area contributed by atoms with Gasteiger partial charge in [-0.3, -0.25) is 9.59 Å². The second-order valence-corrected chi connectivity index (χ2v) is 9.61. The molecule has 0 aliphatic heterocycles. The molecule has 0 radical (unpaired) electrons. The smallest absolute Gasteiger partial charge is 0.407 e. The number of benzene rings is 3. The molecule has 0 bridgehead atoms. The van der Waals surface area contributed by atoms with Gasteiger partial charge in [-0.15, -0.1) is 0 Å². The van der Waals surface area contributed by atoms with Crippen LogP contribution in [0.2, 0.25) is 0 Å². The largest absolute Gasteiger partial charge is 0.449 e. The third kappa shape index (κ3) is 5.78. The molecule has 5 rings (SSSR count). The van der Waals surface area contributed by atoms with Gasteiger partial charge in [0, 0.05) is 34.7 Å². The average molecular weight is 526 g/mol. The van der Waals surface area contributed by atoms with Gasteiger partial charge in [0.05, 0.1) is 6.54 Å². The van der Waals surface area contributed by atoms with Crippen molar-refractivity contribution in [2.45, 2.75) is 25.3 Å². The maximum absolute atomic E-state index is 13.2. The van der Waals surface area contributed by atoms with Crippen LogP contribution in [0.4, 0.5) is 10.5 Å². The summed E-state index contributed by atoms with van der Waals surface area (Å²) >= 11 is 0. The Hall–Kier alpha value is -4.63. The molecular formula is C30H31N5O4. The minimum absolute atomic E-state index is 0.101. The summed E-state index contributed by atoms with van der Waals surface area (Å²) in [6.07, 6.45) is -0.549. The third-order valence-electron chi connectivity index (χ3n) is 6.92. The molecule has 9 nitrogen and oxygen atoms in total. The Bertz CT molecular complexity index is 1480. The van der Waals surface area contributed by atoms with Crippen LogP contribution < -0.4 is 21.7 Å². The molecule has 0 saturated carbocycles. The fourth-order valence-electron chi connectivity index (χ4n) is 5.06. The van der Waals surface area contributed by atoms with Gasteiger partial charge in [-0.05, 0) is 59.9 Å². The fourth-order valence-corrected chi connectivity index (χ4v) is 5.06. The van der Waals surface area contributed by atoms with Gasteiger partial charge in [-0.1, -0.05) is 48.5 Å². The Morgan fingerprint density at radius 1 is 0.974 bits per heavy atom. The molecule has 1 aliphatic carbocycles. The van der Waals surface area contributed by atoms with Crippen LogP contribution in [-0.2, 0) is 14.3 Å². The van der Waals surface area contributed by atoms with Crippen molar-refractivity contribution in [3.05, 3.63) is 89.6 Å². The molecule has 0 unspecified atom stereocenters. The molecule has 1 atom stereocenters. The lowest BCUT2D eigenvalue weighted by Crippen LogP contribution is -2.46. The summed E-state index contributed by atoms with van der Waals surface area (Å²) in [6.45, 7) is 2.09. The van der Waals surface area contributed by atoms with E-state index >= 15 is 0 Å². The number of aromatic amines is 1. The zero-order valence-electron chi connectivity index (χ0n) is 21.6. The maximum Gasteiger partial charge on any atom is 0.407 e. The van der Waals surface area contributed by atoms with E-state index < -0.39 is 18.0 Å². The Morgan fingerprint density at radius 3 is 2.36 bits per heavy atom. The highest BCUT2D eigenvalue weighted by atomic mass is 16.5. The first-order valence-corrected chi connectivity index (χ1v) is 12.9. The predicted molar refractivity (Wildman–Crippen MR) is 150 cm³/mol. The number of nitrogens with one attached hydrogen (secondary N) is 4. The van der Waals surface area contributed by atoms with Gasteiger partial charge in [0.2, 0.25) is 11.8 Å². The number of hydrogen-bond donors (Lipinski definition) is 5. The molecule has 3 aromatic carbocycles. The van der Waals surface area contributed by atoms with Crippen LogP contribution in [0.3, 0.4) is 0 Å². The molecule has 0 fully saturated rings. The number of hydrogen-bond acceptors (Lipinski definition) is 5. The van der Waals surface area contributed by atoms with Gasteiger partial charge in [-0.25, -0.2) is 4.79 Å². The van der Waals surface area contributed by atoms with Crippen molar-refractivity contribution in [3.63, 3.8) is 0 Å². The quantitative estimate of drug-likeness (QED) is 0.226. The summed E-state index contributed by atoms with van der Waals surface area (Å²) in [5, 5.41) is 9.14. The lowest BCUT2D eigenvalue weighted by molar-refractivity contribution is -0.121. The molecule has 1 aliphatic rings. The summed E-state index contributed by atoms with van der Waals surface area (Å²) in [6, 6.07) is 22.7. The number of anilines is 1. The van der Waals surface area contributed by atoms with Crippen molar-refractivity contribution >= 4 is 34.5 Å². The van der Waals surface area contributed by atoms with E-state index in [-0.39, 0.29) is 37.9 Å². The number of ether oxygens (including phenoxy) is 1. The van der Waals surface area contributed by atoms with E-state index in [1.807, 2.05) is 61.5 Å². The highest BCUT2D eigenvalue weighted by Gasteiger charge is 2.30. The summed E-state index contributed by atoms with van der Waals surface area (Å²) in [7, 11) is 0. The van der Waals surface area contributed by atoms with E-state index in [0.717, 1.165) is 38.9 Å². The number of H-pyrrole nitrogens is 1. The Morgan fingerprint density at radius 2 is 1.67 bits per heavy atom. The van der Waals surface area contributed by atoms with Crippen LogP contribution in [0.15, 0.2) is 72.8 Å². The standard InChI is InChI=1S/C30H31N5O4/c1-18-14-19-15-20(10-11-26(19)33-18)34-29(37)27(12-13-32-28(36)16-31)35-30(38)39-17-25-23-8-4-2-6-21(23)22-7-3-5-9-24(22)25/h2-11,14-15,25,27,33H,12-13,16-17,31H2,1H3,(H,32,36)(H,34,37)(H,35,38)/t27-/m0/s1. The molecule has 9 heteroatoms. The number of nitrogens with two attached hydrogens (primary N) is 1. The zero-order valence-corrected chi connectivity index (χ0v) is 21.6. The highest BCUT2D eigenvalue weighted by molar-refractivity contribution is 5.98. The number of alkyl carbamates (subject to hydrolysis) is 1. The fraction of sp³-hybridized carbons (Fsp3) is 0.233. The van der Waals surface area contributed by atoms with Crippen LogP contribution in [0.1, 0.15) is 29.2 Å². The molecule has 3 amide bonds. The lowest BCUT2D eigenvalue weighted by Gasteiger charge is -2.20. The molecular weight excluding hydrogens is 494 g/mol. The number of carbonyl (C=O) groups is 3. The minimum Gasteiger partial charge on any atom is -0.449 e. The van der Waals surface area contributed by atoms with Crippen molar-refractivity contribution in [3.8, 4) is 11.1 Å². The highest BCUT2D eigenvalue weighted by Crippen LogP contribution is 2.44.